The average Bonchev–Trinajstić information content (AvgIpc) is 2.13. The Morgan fingerprint density at radius 3 is 2.81 bits per heavy atom. The second-order valence-electron chi connectivity index (χ2n) is 3.92. The SMILES string of the molecule is Oc1cnc(OCC2CC(F)(F)C2)c(Cl)c1. The molecule has 1 aliphatic rings. The van der Waals surface area contributed by atoms with E-state index in [2.05, 4.69) is 4.98 Å². The molecule has 0 bridgehead atoms. The molecule has 6 heteroatoms. The van der Waals surface area contributed by atoms with Crippen LogP contribution in [0.5, 0.6) is 11.6 Å². The predicted molar refractivity (Wildman–Crippen MR) is 54.1 cm³/mol. The van der Waals surface area contributed by atoms with Crippen LogP contribution in [0.4, 0.5) is 8.78 Å². The Morgan fingerprint density at radius 2 is 2.25 bits per heavy atom. The summed E-state index contributed by atoms with van der Waals surface area (Å²) in [4.78, 5) is 3.75. The smallest absolute Gasteiger partial charge is 0.248 e. The van der Waals surface area contributed by atoms with Crippen LogP contribution in [0.25, 0.3) is 0 Å². The van der Waals surface area contributed by atoms with Crippen molar-refractivity contribution in [1.82, 2.24) is 4.98 Å². The highest BCUT2D eigenvalue weighted by molar-refractivity contribution is 6.31. The van der Waals surface area contributed by atoms with Crippen LogP contribution < -0.4 is 4.74 Å². The fraction of sp³-hybridized carbons (Fsp3) is 0.500. The molecule has 0 amide bonds. The number of ether oxygens (including phenoxy) is 1. The molecule has 0 radical (unpaired) electrons. The number of aromatic hydroxyl groups is 1. The number of alkyl halides is 2. The Bertz CT molecular complexity index is 392. The van der Waals surface area contributed by atoms with Crippen molar-refractivity contribution in [2.45, 2.75) is 18.8 Å². The molecule has 1 heterocycles. The van der Waals surface area contributed by atoms with E-state index in [4.69, 9.17) is 21.4 Å². The largest absolute Gasteiger partial charge is 0.506 e. The number of aromatic nitrogens is 1. The van der Waals surface area contributed by atoms with E-state index in [0.29, 0.717) is 0 Å². The Kier molecular flexibility index (Phi) is 2.88. The fourth-order valence-electron chi connectivity index (χ4n) is 1.62. The summed E-state index contributed by atoms with van der Waals surface area (Å²) in [6.45, 7) is 0.174. The summed E-state index contributed by atoms with van der Waals surface area (Å²) in [5.41, 5.74) is 0. The molecule has 1 aliphatic carbocycles. The number of rotatable bonds is 3. The van der Waals surface area contributed by atoms with Gasteiger partial charge in [-0.05, 0) is 0 Å². The fourth-order valence-corrected chi connectivity index (χ4v) is 1.84. The molecule has 0 aromatic carbocycles. The first-order valence-corrected chi connectivity index (χ1v) is 5.19. The van der Waals surface area contributed by atoms with Crippen molar-refractivity contribution >= 4 is 11.6 Å². The summed E-state index contributed by atoms with van der Waals surface area (Å²) >= 11 is 5.73. The minimum Gasteiger partial charge on any atom is -0.506 e. The number of hydrogen-bond donors (Lipinski definition) is 1. The molecule has 1 fully saturated rings. The molecule has 0 aliphatic heterocycles. The van der Waals surface area contributed by atoms with Crippen molar-refractivity contribution in [1.29, 1.82) is 0 Å². The molecule has 1 aromatic rings. The van der Waals surface area contributed by atoms with Crippen molar-refractivity contribution in [2.24, 2.45) is 5.92 Å². The second-order valence-corrected chi connectivity index (χ2v) is 4.33. The van der Waals surface area contributed by atoms with Gasteiger partial charge in [0.25, 0.3) is 0 Å². The van der Waals surface area contributed by atoms with E-state index in [0.717, 1.165) is 0 Å². The van der Waals surface area contributed by atoms with Crippen LogP contribution in [-0.4, -0.2) is 22.6 Å². The Hall–Kier alpha value is -1.10. The highest BCUT2D eigenvalue weighted by Gasteiger charge is 2.45. The first-order chi connectivity index (χ1) is 7.46. The summed E-state index contributed by atoms with van der Waals surface area (Å²) in [7, 11) is 0. The minimum atomic E-state index is -2.54. The van der Waals surface area contributed by atoms with Crippen LogP contribution in [0.15, 0.2) is 12.3 Å². The summed E-state index contributed by atoms with van der Waals surface area (Å²) in [6, 6.07) is 1.29. The van der Waals surface area contributed by atoms with E-state index in [1.807, 2.05) is 0 Å². The summed E-state index contributed by atoms with van der Waals surface area (Å²) in [5, 5.41) is 9.21. The van der Waals surface area contributed by atoms with Gasteiger partial charge in [-0.1, -0.05) is 11.6 Å². The molecule has 1 saturated carbocycles. The van der Waals surface area contributed by atoms with Crippen molar-refractivity contribution in [3.8, 4) is 11.6 Å². The van der Waals surface area contributed by atoms with Crippen molar-refractivity contribution in [2.75, 3.05) is 6.61 Å². The van der Waals surface area contributed by atoms with Gasteiger partial charge in [-0.3, -0.25) is 0 Å². The zero-order valence-electron chi connectivity index (χ0n) is 8.29. The summed E-state index contributed by atoms with van der Waals surface area (Å²) in [6.07, 6.45) is 0.891. The van der Waals surface area contributed by atoms with Crippen molar-refractivity contribution in [3.63, 3.8) is 0 Å². The lowest BCUT2D eigenvalue weighted by Gasteiger charge is -2.34. The lowest BCUT2D eigenvalue weighted by atomic mass is 9.82. The summed E-state index contributed by atoms with van der Waals surface area (Å²) in [5.74, 6) is -2.59. The maximum Gasteiger partial charge on any atom is 0.248 e. The highest BCUT2D eigenvalue weighted by atomic mass is 35.5. The maximum absolute atomic E-state index is 12.5. The summed E-state index contributed by atoms with van der Waals surface area (Å²) < 4.78 is 30.2. The van der Waals surface area contributed by atoms with Gasteiger partial charge in [0.1, 0.15) is 10.8 Å². The van der Waals surface area contributed by atoms with Crippen molar-refractivity contribution in [3.05, 3.63) is 17.3 Å². The van der Waals surface area contributed by atoms with Crippen LogP contribution in [0.2, 0.25) is 5.02 Å². The molecule has 3 nitrogen and oxygen atoms in total. The van der Waals surface area contributed by atoms with E-state index in [1.54, 1.807) is 0 Å². The molecule has 1 aromatic heterocycles. The first kappa shape index (κ1) is 11.4. The predicted octanol–water partition coefficient (Wildman–Crippen LogP) is 2.86. The Morgan fingerprint density at radius 1 is 1.56 bits per heavy atom. The molecule has 88 valence electrons. The van der Waals surface area contributed by atoms with E-state index >= 15 is 0 Å². The standard InChI is InChI=1S/C10H10ClF2NO2/c11-8-1-7(15)4-14-9(8)16-5-6-2-10(12,13)3-6/h1,4,6,15H,2-3,5H2. The number of hydrogen-bond acceptors (Lipinski definition) is 3. The van der Waals surface area contributed by atoms with Gasteiger partial charge in [0.2, 0.25) is 11.8 Å². The van der Waals surface area contributed by atoms with E-state index in [-0.39, 0.29) is 42.0 Å². The van der Waals surface area contributed by atoms with Crippen LogP contribution in [0.1, 0.15) is 12.8 Å². The van der Waals surface area contributed by atoms with Gasteiger partial charge in [-0.2, -0.15) is 0 Å². The normalized spacial score (nSPS) is 19.2. The molecule has 0 unspecified atom stereocenters. The third-order valence-electron chi connectivity index (χ3n) is 2.42. The van der Waals surface area contributed by atoms with E-state index in [9.17, 15) is 8.78 Å². The molecule has 2 rings (SSSR count). The third-order valence-corrected chi connectivity index (χ3v) is 2.69. The monoisotopic (exact) mass is 249 g/mol. The van der Waals surface area contributed by atoms with Gasteiger partial charge in [0, 0.05) is 24.8 Å². The van der Waals surface area contributed by atoms with E-state index < -0.39 is 5.92 Å². The zero-order chi connectivity index (χ0) is 11.8. The highest BCUT2D eigenvalue weighted by Crippen LogP contribution is 2.42. The molecule has 0 spiro atoms. The molecule has 16 heavy (non-hydrogen) atoms. The lowest BCUT2D eigenvalue weighted by Crippen LogP contribution is -2.38. The number of halogens is 3. The van der Waals surface area contributed by atoms with Crippen LogP contribution in [0, 0.1) is 5.92 Å². The molecule has 0 atom stereocenters. The van der Waals surface area contributed by atoms with Gasteiger partial charge in [0.05, 0.1) is 12.8 Å². The minimum absolute atomic E-state index is 0.0625. The zero-order valence-corrected chi connectivity index (χ0v) is 9.05. The first-order valence-electron chi connectivity index (χ1n) is 4.81. The van der Waals surface area contributed by atoms with Crippen molar-refractivity contribution < 1.29 is 18.6 Å². The molecular formula is C10H10ClF2NO2. The third kappa shape index (κ3) is 2.52. The average molecular weight is 250 g/mol. The quantitative estimate of drug-likeness (QED) is 0.896. The molecule has 1 N–H and O–H groups in total. The molecule has 0 saturated heterocycles. The maximum atomic E-state index is 12.5. The second kappa shape index (κ2) is 4.05. The topological polar surface area (TPSA) is 42.4 Å². The van der Waals surface area contributed by atoms with Gasteiger partial charge in [0.15, 0.2) is 0 Å². The van der Waals surface area contributed by atoms with Crippen LogP contribution >= 0.6 is 11.6 Å². The number of nitrogens with zero attached hydrogens (tertiary/aromatic N) is 1. The van der Waals surface area contributed by atoms with Crippen LogP contribution in [0.3, 0.4) is 0 Å². The van der Waals surface area contributed by atoms with Crippen LogP contribution in [-0.2, 0) is 0 Å². The Labute approximate surface area is 96.0 Å². The van der Waals surface area contributed by atoms with Gasteiger partial charge in [-0.15, -0.1) is 0 Å². The van der Waals surface area contributed by atoms with Gasteiger partial charge in [-0.25, -0.2) is 13.8 Å². The Balaban J connectivity index is 1.86. The van der Waals surface area contributed by atoms with Gasteiger partial charge < -0.3 is 9.84 Å². The lowest BCUT2D eigenvalue weighted by molar-refractivity contribution is -0.119. The van der Waals surface area contributed by atoms with Gasteiger partial charge >= 0.3 is 0 Å². The number of pyridine rings is 1. The molecular weight excluding hydrogens is 240 g/mol. The van der Waals surface area contributed by atoms with E-state index in [1.165, 1.54) is 12.3 Å².